The van der Waals surface area contributed by atoms with Crippen LogP contribution < -0.4 is 0 Å². The minimum atomic E-state index is 0.0343. The summed E-state index contributed by atoms with van der Waals surface area (Å²) in [6, 6.07) is 12.9. The second-order valence-electron chi connectivity index (χ2n) is 5.52. The van der Waals surface area contributed by atoms with Crippen LogP contribution >= 0.6 is 11.3 Å². The van der Waals surface area contributed by atoms with E-state index < -0.39 is 0 Å². The van der Waals surface area contributed by atoms with Crippen LogP contribution in [0.2, 0.25) is 0 Å². The summed E-state index contributed by atoms with van der Waals surface area (Å²) in [5, 5.41) is 22.1. The summed E-state index contributed by atoms with van der Waals surface area (Å²) in [7, 11) is 0. The number of aromatic hydroxyl groups is 2. The highest BCUT2D eigenvalue weighted by Gasteiger charge is 2.11. The van der Waals surface area contributed by atoms with E-state index in [1.165, 1.54) is 23.0 Å². The zero-order valence-electron chi connectivity index (χ0n) is 12.4. The van der Waals surface area contributed by atoms with Crippen LogP contribution in [0.4, 0.5) is 0 Å². The summed E-state index contributed by atoms with van der Waals surface area (Å²) in [5.74, 6) is 0.586. The molecule has 112 valence electrons. The van der Waals surface area contributed by atoms with Gasteiger partial charge in [0.1, 0.15) is 16.5 Å². The Labute approximate surface area is 133 Å². The number of aromatic nitrogens is 1. The molecule has 0 atom stereocenters. The minimum absolute atomic E-state index is 0.0343. The van der Waals surface area contributed by atoms with E-state index in [-0.39, 0.29) is 11.5 Å². The van der Waals surface area contributed by atoms with Crippen molar-refractivity contribution in [3.63, 3.8) is 0 Å². The van der Waals surface area contributed by atoms with Gasteiger partial charge in [0.05, 0.1) is 5.69 Å². The van der Waals surface area contributed by atoms with Gasteiger partial charge in [-0.25, -0.2) is 4.98 Å². The molecule has 2 N–H and O–H groups in total. The Hall–Kier alpha value is -2.33. The van der Waals surface area contributed by atoms with Gasteiger partial charge in [0.25, 0.3) is 0 Å². The van der Waals surface area contributed by atoms with Crippen LogP contribution in [0.1, 0.15) is 25.3 Å². The molecule has 1 heterocycles. The third-order valence-corrected chi connectivity index (χ3v) is 4.48. The Morgan fingerprint density at radius 3 is 2.36 bits per heavy atom. The van der Waals surface area contributed by atoms with Gasteiger partial charge in [0.15, 0.2) is 0 Å². The predicted molar refractivity (Wildman–Crippen MR) is 90.4 cm³/mol. The molecule has 0 aliphatic rings. The summed E-state index contributed by atoms with van der Waals surface area (Å²) in [5.41, 5.74) is 3.71. The molecule has 22 heavy (non-hydrogen) atoms. The van der Waals surface area contributed by atoms with Gasteiger partial charge < -0.3 is 10.2 Å². The lowest BCUT2D eigenvalue weighted by Crippen LogP contribution is -1.86. The van der Waals surface area contributed by atoms with Crippen LogP contribution in [-0.4, -0.2) is 15.2 Å². The maximum Gasteiger partial charge on any atom is 0.128 e. The molecular weight excluding hydrogens is 294 g/mol. The summed E-state index contributed by atoms with van der Waals surface area (Å²) >= 11 is 1.54. The number of phenols is 2. The first-order valence-corrected chi connectivity index (χ1v) is 8.01. The molecule has 0 radical (unpaired) electrons. The SMILES string of the molecule is CC(C)c1ccc(-c2nc(-c3ccc(O)cc3O)cs2)cc1. The Morgan fingerprint density at radius 2 is 1.73 bits per heavy atom. The van der Waals surface area contributed by atoms with E-state index in [4.69, 9.17) is 0 Å². The van der Waals surface area contributed by atoms with Crippen molar-refractivity contribution in [1.29, 1.82) is 0 Å². The second-order valence-corrected chi connectivity index (χ2v) is 6.37. The fourth-order valence-corrected chi connectivity index (χ4v) is 3.10. The van der Waals surface area contributed by atoms with E-state index in [9.17, 15) is 10.2 Å². The molecule has 1 aromatic heterocycles. The minimum Gasteiger partial charge on any atom is -0.508 e. The van der Waals surface area contributed by atoms with Gasteiger partial charge in [0.2, 0.25) is 0 Å². The molecule has 2 aromatic carbocycles. The van der Waals surface area contributed by atoms with E-state index in [1.54, 1.807) is 12.1 Å². The fraction of sp³-hybridized carbons (Fsp3) is 0.167. The molecule has 0 saturated carbocycles. The number of benzene rings is 2. The van der Waals surface area contributed by atoms with Crippen molar-refractivity contribution in [1.82, 2.24) is 4.98 Å². The lowest BCUT2D eigenvalue weighted by molar-refractivity contribution is 0.452. The Morgan fingerprint density at radius 1 is 1.00 bits per heavy atom. The summed E-state index contributed by atoms with van der Waals surface area (Å²) in [6.07, 6.45) is 0. The Kier molecular flexibility index (Phi) is 3.86. The third-order valence-electron chi connectivity index (χ3n) is 3.59. The zero-order valence-corrected chi connectivity index (χ0v) is 13.3. The number of hydrogen-bond acceptors (Lipinski definition) is 4. The molecule has 0 aliphatic heterocycles. The van der Waals surface area contributed by atoms with Crippen LogP contribution in [0.5, 0.6) is 11.5 Å². The maximum absolute atomic E-state index is 9.93. The third kappa shape index (κ3) is 2.83. The summed E-state index contributed by atoms with van der Waals surface area (Å²) in [6.45, 7) is 4.34. The first-order chi connectivity index (χ1) is 10.5. The highest BCUT2D eigenvalue weighted by Crippen LogP contribution is 2.35. The average Bonchev–Trinajstić information content (AvgIpc) is 2.97. The van der Waals surface area contributed by atoms with E-state index in [0.717, 1.165) is 10.6 Å². The largest absolute Gasteiger partial charge is 0.508 e. The van der Waals surface area contributed by atoms with E-state index >= 15 is 0 Å². The van der Waals surface area contributed by atoms with Gasteiger partial charge in [-0.15, -0.1) is 11.3 Å². The molecule has 3 rings (SSSR count). The van der Waals surface area contributed by atoms with Crippen LogP contribution in [0.3, 0.4) is 0 Å². The fourth-order valence-electron chi connectivity index (χ4n) is 2.28. The summed E-state index contributed by atoms with van der Waals surface area (Å²) < 4.78 is 0. The van der Waals surface area contributed by atoms with Crippen molar-refractivity contribution in [3.05, 3.63) is 53.4 Å². The summed E-state index contributed by atoms with van der Waals surface area (Å²) in [4.78, 5) is 4.59. The second kappa shape index (κ2) is 5.81. The van der Waals surface area contributed by atoms with Gasteiger partial charge in [-0.2, -0.15) is 0 Å². The highest BCUT2D eigenvalue weighted by molar-refractivity contribution is 7.13. The monoisotopic (exact) mass is 311 g/mol. The molecule has 0 aliphatic carbocycles. The van der Waals surface area contributed by atoms with Crippen LogP contribution in [0.25, 0.3) is 21.8 Å². The smallest absolute Gasteiger partial charge is 0.128 e. The zero-order chi connectivity index (χ0) is 15.7. The van der Waals surface area contributed by atoms with E-state index in [0.29, 0.717) is 17.2 Å². The molecule has 3 nitrogen and oxygen atoms in total. The topological polar surface area (TPSA) is 53.4 Å². The number of rotatable bonds is 3. The highest BCUT2D eigenvalue weighted by atomic mass is 32.1. The van der Waals surface area contributed by atoms with Crippen LogP contribution in [0.15, 0.2) is 47.8 Å². The van der Waals surface area contributed by atoms with Gasteiger partial charge in [-0.05, 0) is 23.6 Å². The van der Waals surface area contributed by atoms with E-state index in [2.05, 4.69) is 43.1 Å². The van der Waals surface area contributed by atoms with E-state index in [1.807, 2.05) is 5.38 Å². The molecule has 4 heteroatoms. The normalized spacial score (nSPS) is 11.0. The average molecular weight is 311 g/mol. The molecule has 0 amide bonds. The predicted octanol–water partition coefficient (Wildman–Crippen LogP) is 5.01. The van der Waals surface area contributed by atoms with Gasteiger partial charge in [0, 0.05) is 22.6 Å². The van der Waals surface area contributed by atoms with Crippen molar-refractivity contribution in [2.75, 3.05) is 0 Å². The van der Waals surface area contributed by atoms with Gasteiger partial charge >= 0.3 is 0 Å². The van der Waals surface area contributed by atoms with Gasteiger partial charge in [-0.3, -0.25) is 0 Å². The Balaban J connectivity index is 1.93. The van der Waals surface area contributed by atoms with Crippen molar-refractivity contribution >= 4 is 11.3 Å². The van der Waals surface area contributed by atoms with Crippen molar-refractivity contribution < 1.29 is 10.2 Å². The van der Waals surface area contributed by atoms with Crippen LogP contribution in [-0.2, 0) is 0 Å². The Bertz CT molecular complexity index is 791. The molecule has 0 fully saturated rings. The molecule has 3 aromatic rings. The standard InChI is InChI=1S/C18H17NO2S/c1-11(2)12-3-5-13(6-4-12)18-19-16(10-22-18)15-8-7-14(20)9-17(15)21/h3-11,20-21H,1-2H3. The quantitative estimate of drug-likeness (QED) is 0.714. The molecule has 0 bridgehead atoms. The molecular formula is C18H17NO2S. The van der Waals surface area contributed by atoms with Crippen molar-refractivity contribution in [2.45, 2.75) is 19.8 Å². The first-order valence-electron chi connectivity index (χ1n) is 7.13. The first kappa shape index (κ1) is 14.6. The molecule has 0 spiro atoms. The lowest BCUT2D eigenvalue weighted by Gasteiger charge is -2.05. The van der Waals surface area contributed by atoms with Crippen molar-refractivity contribution in [2.24, 2.45) is 0 Å². The number of hydrogen-bond donors (Lipinski definition) is 2. The number of thiazole rings is 1. The number of phenolic OH excluding ortho intramolecular Hbond substituents is 2. The maximum atomic E-state index is 9.93. The number of nitrogens with zero attached hydrogens (tertiary/aromatic N) is 1. The molecule has 0 saturated heterocycles. The molecule has 0 unspecified atom stereocenters. The van der Waals surface area contributed by atoms with Gasteiger partial charge in [-0.1, -0.05) is 38.1 Å². The van der Waals surface area contributed by atoms with Crippen LogP contribution in [0, 0.1) is 0 Å². The van der Waals surface area contributed by atoms with Crippen molar-refractivity contribution in [3.8, 4) is 33.3 Å². The lowest BCUT2D eigenvalue weighted by atomic mass is 10.0.